The number of nitrogens with zero attached hydrogens (tertiary/aromatic N) is 4. The van der Waals surface area contributed by atoms with Crippen LogP contribution in [0.25, 0.3) is 0 Å². The average molecular weight is 380 g/mol. The van der Waals surface area contributed by atoms with Crippen LogP contribution in [0.15, 0.2) is 4.52 Å². The molecule has 0 spiro atoms. The highest BCUT2D eigenvalue weighted by Crippen LogP contribution is 2.23. The summed E-state index contributed by atoms with van der Waals surface area (Å²) >= 11 is 0. The highest BCUT2D eigenvalue weighted by Gasteiger charge is 2.26. The third-order valence-corrected chi connectivity index (χ3v) is 5.09. The number of hydrogen-bond acceptors (Lipinski definition) is 6. The van der Waals surface area contributed by atoms with Crippen LogP contribution >= 0.6 is 24.8 Å². The van der Waals surface area contributed by atoms with Crippen LogP contribution in [-0.2, 0) is 13.1 Å². The van der Waals surface area contributed by atoms with Gasteiger partial charge in [0.15, 0.2) is 5.82 Å². The van der Waals surface area contributed by atoms with Crippen molar-refractivity contribution in [3.63, 3.8) is 0 Å². The molecule has 0 saturated carbocycles. The van der Waals surface area contributed by atoms with Gasteiger partial charge in [-0.2, -0.15) is 4.98 Å². The van der Waals surface area contributed by atoms with Gasteiger partial charge < -0.3 is 15.2 Å². The average Bonchev–Trinajstić information content (AvgIpc) is 2.98. The summed E-state index contributed by atoms with van der Waals surface area (Å²) in [7, 11) is 0. The molecule has 3 heterocycles. The van der Waals surface area contributed by atoms with E-state index in [1.807, 2.05) is 0 Å². The minimum Gasteiger partial charge on any atom is -0.338 e. The van der Waals surface area contributed by atoms with Crippen molar-refractivity contribution in [3.05, 3.63) is 11.7 Å². The molecule has 24 heavy (non-hydrogen) atoms. The van der Waals surface area contributed by atoms with Crippen LogP contribution in [0.2, 0.25) is 0 Å². The standard InChI is InChI=1S/C16H29N5O.2ClH/c1-13-5-2-3-8-21(13)11-14-6-4-7-20(10-14)12-15-18-16(9-17)22-19-15;;/h13-14H,2-12,17H2,1H3;2*1H. The van der Waals surface area contributed by atoms with Crippen LogP contribution in [0.1, 0.15) is 50.7 Å². The van der Waals surface area contributed by atoms with Crippen LogP contribution in [-0.4, -0.2) is 52.2 Å². The zero-order chi connectivity index (χ0) is 15.4. The van der Waals surface area contributed by atoms with Gasteiger partial charge in [0.2, 0.25) is 5.89 Å². The van der Waals surface area contributed by atoms with Gasteiger partial charge in [0, 0.05) is 19.1 Å². The molecule has 8 heteroatoms. The quantitative estimate of drug-likeness (QED) is 0.846. The Balaban J connectivity index is 0.00000144. The van der Waals surface area contributed by atoms with Gasteiger partial charge in [-0.25, -0.2) is 0 Å². The number of piperidine rings is 2. The van der Waals surface area contributed by atoms with Crippen LogP contribution in [0.4, 0.5) is 0 Å². The van der Waals surface area contributed by atoms with Crippen molar-refractivity contribution in [1.82, 2.24) is 19.9 Å². The second-order valence-electron chi connectivity index (χ2n) is 6.89. The first-order chi connectivity index (χ1) is 10.7. The monoisotopic (exact) mass is 379 g/mol. The number of aromatic nitrogens is 2. The number of likely N-dealkylation sites (tertiary alicyclic amines) is 2. The van der Waals surface area contributed by atoms with Gasteiger partial charge >= 0.3 is 0 Å². The Kier molecular flexibility index (Phi) is 9.52. The maximum absolute atomic E-state index is 5.52. The molecule has 1 aromatic heterocycles. The zero-order valence-electron chi connectivity index (χ0n) is 14.5. The second kappa shape index (κ2) is 10.6. The van der Waals surface area contributed by atoms with E-state index in [0.717, 1.165) is 37.4 Å². The first-order valence-electron chi connectivity index (χ1n) is 8.72. The fraction of sp³-hybridized carbons (Fsp3) is 0.875. The third kappa shape index (κ3) is 5.85. The first kappa shape index (κ1) is 21.6. The molecule has 0 aromatic carbocycles. The van der Waals surface area contributed by atoms with Gasteiger partial charge in [-0.05, 0) is 51.6 Å². The minimum absolute atomic E-state index is 0. The Morgan fingerprint density at radius 3 is 2.71 bits per heavy atom. The van der Waals surface area contributed by atoms with E-state index in [4.69, 9.17) is 10.3 Å². The summed E-state index contributed by atoms with van der Waals surface area (Å²) in [5.41, 5.74) is 5.52. The summed E-state index contributed by atoms with van der Waals surface area (Å²) < 4.78 is 5.10. The number of nitrogens with two attached hydrogens (primary N) is 1. The molecule has 2 aliphatic heterocycles. The van der Waals surface area contributed by atoms with E-state index in [-0.39, 0.29) is 24.8 Å². The van der Waals surface area contributed by atoms with E-state index in [2.05, 4.69) is 26.9 Å². The maximum Gasteiger partial charge on any atom is 0.240 e. The third-order valence-electron chi connectivity index (χ3n) is 5.09. The summed E-state index contributed by atoms with van der Waals surface area (Å²) in [4.78, 5) is 9.48. The highest BCUT2D eigenvalue weighted by molar-refractivity contribution is 5.85. The molecule has 6 nitrogen and oxygen atoms in total. The molecule has 2 atom stereocenters. The lowest BCUT2D eigenvalue weighted by atomic mass is 9.95. The molecule has 2 unspecified atom stereocenters. The molecule has 1 aromatic rings. The summed E-state index contributed by atoms with van der Waals surface area (Å²) in [6.07, 6.45) is 6.75. The molecule has 2 N–H and O–H groups in total. The van der Waals surface area contributed by atoms with Gasteiger partial charge in [-0.1, -0.05) is 11.6 Å². The lowest BCUT2D eigenvalue weighted by Crippen LogP contribution is -2.45. The van der Waals surface area contributed by atoms with Gasteiger partial charge in [-0.3, -0.25) is 4.90 Å². The number of rotatable bonds is 5. The normalized spacial score (nSPS) is 25.8. The van der Waals surface area contributed by atoms with E-state index >= 15 is 0 Å². The van der Waals surface area contributed by atoms with Crippen molar-refractivity contribution >= 4 is 24.8 Å². The Hall–Kier alpha value is -0.400. The Bertz CT molecular complexity index is 473. The lowest BCUT2D eigenvalue weighted by molar-refractivity contribution is 0.0899. The van der Waals surface area contributed by atoms with Gasteiger partial charge in [0.25, 0.3) is 0 Å². The molecular weight excluding hydrogens is 349 g/mol. The number of halogens is 2. The van der Waals surface area contributed by atoms with Crippen LogP contribution < -0.4 is 5.73 Å². The summed E-state index contributed by atoms with van der Waals surface area (Å²) in [5, 5.41) is 4.02. The molecule has 0 amide bonds. The van der Waals surface area contributed by atoms with Crippen LogP contribution in [0, 0.1) is 5.92 Å². The SMILES string of the molecule is CC1CCCCN1CC1CCCN(Cc2noc(CN)n2)C1.Cl.Cl. The highest BCUT2D eigenvalue weighted by atomic mass is 35.5. The molecule has 3 rings (SSSR count). The lowest BCUT2D eigenvalue weighted by Gasteiger charge is -2.39. The smallest absolute Gasteiger partial charge is 0.240 e. The molecule has 140 valence electrons. The fourth-order valence-corrected chi connectivity index (χ4v) is 3.84. The van der Waals surface area contributed by atoms with Crippen LogP contribution in [0.5, 0.6) is 0 Å². The van der Waals surface area contributed by atoms with Gasteiger partial charge in [0.1, 0.15) is 0 Å². The van der Waals surface area contributed by atoms with Crippen molar-refractivity contribution in [3.8, 4) is 0 Å². The van der Waals surface area contributed by atoms with Crippen molar-refractivity contribution in [2.75, 3.05) is 26.2 Å². The zero-order valence-corrected chi connectivity index (χ0v) is 16.2. The summed E-state index contributed by atoms with van der Waals surface area (Å²) in [5.74, 6) is 2.08. The van der Waals surface area contributed by atoms with E-state index in [1.165, 1.54) is 45.2 Å². The predicted molar refractivity (Wildman–Crippen MR) is 99.6 cm³/mol. The van der Waals surface area contributed by atoms with E-state index in [0.29, 0.717) is 12.4 Å². The summed E-state index contributed by atoms with van der Waals surface area (Å²) in [6, 6.07) is 0.758. The van der Waals surface area contributed by atoms with Crippen molar-refractivity contribution in [1.29, 1.82) is 0 Å². The van der Waals surface area contributed by atoms with Crippen LogP contribution in [0.3, 0.4) is 0 Å². The summed E-state index contributed by atoms with van der Waals surface area (Å²) in [6.45, 7) is 8.31. The number of hydrogen-bond donors (Lipinski definition) is 1. The van der Waals surface area contributed by atoms with E-state index in [1.54, 1.807) is 0 Å². The molecule has 0 bridgehead atoms. The predicted octanol–water partition coefficient (Wildman–Crippen LogP) is 2.46. The maximum atomic E-state index is 5.52. The molecule has 2 fully saturated rings. The Morgan fingerprint density at radius 2 is 2.00 bits per heavy atom. The largest absolute Gasteiger partial charge is 0.338 e. The second-order valence-corrected chi connectivity index (χ2v) is 6.89. The van der Waals surface area contributed by atoms with Gasteiger partial charge in [0.05, 0.1) is 13.1 Å². The molecule has 0 radical (unpaired) electrons. The topological polar surface area (TPSA) is 71.4 Å². The molecule has 2 saturated heterocycles. The minimum atomic E-state index is 0. The van der Waals surface area contributed by atoms with Crippen molar-refractivity contribution in [2.24, 2.45) is 11.7 Å². The fourth-order valence-electron chi connectivity index (χ4n) is 3.84. The first-order valence-corrected chi connectivity index (χ1v) is 8.72. The van der Waals surface area contributed by atoms with Crippen molar-refractivity contribution in [2.45, 2.75) is 58.2 Å². The Labute approximate surface area is 157 Å². The van der Waals surface area contributed by atoms with Gasteiger partial charge in [-0.15, -0.1) is 24.8 Å². The van der Waals surface area contributed by atoms with E-state index < -0.39 is 0 Å². The van der Waals surface area contributed by atoms with Crippen molar-refractivity contribution < 1.29 is 4.52 Å². The van der Waals surface area contributed by atoms with E-state index in [9.17, 15) is 0 Å². The Morgan fingerprint density at radius 1 is 1.17 bits per heavy atom. The molecule has 2 aliphatic rings. The molecule has 0 aliphatic carbocycles. The molecular formula is C16H31Cl2N5O.